The van der Waals surface area contributed by atoms with Crippen LogP contribution in [0.4, 0.5) is 0 Å². The maximum atomic E-state index is 11.5. The lowest BCUT2D eigenvalue weighted by Gasteiger charge is -2.20. The Balaban J connectivity index is 1.99. The highest BCUT2D eigenvalue weighted by molar-refractivity contribution is 6.00. The fraction of sp³-hybridized carbons (Fsp3) is 0.333. The molecular weight excluding hydrogens is 220 g/mol. The summed E-state index contributed by atoms with van der Waals surface area (Å²) < 4.78 is 5.24. The van der Waals surface area contributed by atoms with Crippen LogP contribution in [0.1, 0.15) is 18.9 Å². The van der Waals surface area contributed by atoms with Gasteiger partial charge in [-0.15, -0.1) is 0 Å². The molecule has 90 valence electrons. The molecule has 0 fully saturated rings. The van der Waals surface area contributed by atoms with Crippen LogP contribution in [0.3, 0.4) is 0 Å². The van der Waals surface area contributed by atoms with Crippen LogP contribution < -0.4 is 5.73 Å². The number of aromatic hydroxyl groups is 1. The summed E-state index contributed by atoms with van der Waals surface area (Å²) in [5.41, 5.74) is 5.43. The van der Waals surface area contributed by atoms with Crippen LogP contribution in [0, 0.1) is 0 Å². The number of carbonyl (C=O) groups excluding carboxylic acids is 1. The van der Waals surface area contributed by atoms with E-state index in [1.54, 1.807) is 19.1 Å². The molecule has 1 atom stereocenters. The van der Waals surface area contributed by atoms with Crippen LogP contribution in [0.2, 0.25) is 0 Å². The highest BCUT2D eigenvalue weighted by Crippen LogP contribution is 2.25. The van der Waals surface area contributed by atoms with Crippen molar-refractivity contribution in [1.29, 1.82) is 0 Å². The van der Waals surface area contributed by atoms with Crippen molar-refractivity contribution in [2.45, 2.75) is 25.4 Å². The molecule has 0 saturated carbocycles. The second-order valence-electron chi connectivity index (χ2n) is 4.25. The number of ether oxygens (including phenoxy) is 1. The number of benzene rings is 1. The molecule has 3 N–H and O–H groups in total. The van der Waals surface area contributed by atoms with Crippen LogP contribution in [0.15, 0.2) is 29.3 Å². The number of nitrogens with two attached hydrogens (primary N) is 1. The van der Waals surface area contributed by atoms with Gasteiger partial charge in [-0.1, -0.05) is 12.1 Å². The molecule has 1 aromatic rings. The van der Waals surface area contributed by atoms with Crippen LogP contribution in [-0.2, 0) is 16.0 Å². The Bertz CT molecular complexity index is 467. The van der Waals surface area contributed by atoms with Crippen LogP contribution in [0.25, 0.3) is 0 Å². The number of hydrogen-bond acceptors (Lipinski definition) is 4. The Morgan fingerprint density at radius 3 is 2.59 bits per heavy atom. The Morgan fingerprint density at radius 2 is 2.06 bits per heavy atom. The molecule has 1 aliphatic heterocycles. The van der Waals surface area contributed by atoms with Gasteiger partial charge in [-0.2, -0.15) is 4.99 Å². The molecule has 1 aliphatic rings. The molecule has 0 aromatic heterocycles. The third kappa shape index (κ3) is 2.38. The molecule has 2 rings (SSSR count). The maximum absolute atomic E-state index is 11.5. The number of nitrogens with zero attached hydrogens (tertiary/aromatic N) is 1. The average molecular weight is 234 g/mol. The first-order valence-corrected chi connectivity index (χ1v) is 5.35. The topological polar surface area (TPSA) is 84.9 Å². The molecule has 0 spiro atoms. The van der Waals surface area contributed by atoms with Gasteiger partial charge in [-0.05, 0) is 31.0 Å². The number of hydrogen-bond donors (Lipinski definition) is 2. The minimum absolute atomic E-state index is 0.0665. The summed E-state index contributed by atoms with van der Waals surface area (Å²) in [6.07, 6.45) is 1.16. The van der Waals surface area contributed by atoms with Gasteiger partial charge >= 0.3 is 0 Å². The number of aryl methyl sites for hydroxylation is 1. The molecule has 5 nitrogen and oxygen atoms in total. The van der Waals surface area contributed by atoms with Crippen molar-refractivity contribution in [3.63, 3.8) is 0 Å². The van der Waals surface area contributed by atoms with E-state index in [0.717, 1.165) is 5.56 Å². The molecular formula is C12H14N2O3. The van der Waals surface area contributed by atoms with Crippen LogP contribution in [0.5, 0.6) is 5.75 Å². The lowest BCUT2D eigenvalue weighted by molar-refractivity contribution is -0.129. The molecule has 1 heterocycles. The minimum atomic E-state index is -0.956. The number of rotatable bonds is 3. The zero-order valence-electron chi connectivity index (χ0n) is 9.51. The van der Waals surface area contributed by atoms with E-state index in [1.165, 1.54) is 0 Å². The first kappa shape index (κ1) is 11.4. The molecule has 1 aromatic carbocycles. The van der Waals surface area contributed by atoms with Crippen molar-refractivity contribution in [3.8, 4) is 5.75 Å². The summed E-state index contributed by atoms with van der Waals surface area (Å²) in [4.78, 5) is 15.1. The highest BCUT2D eigenvalue weighted by Gasteiger charge is 2.40. The summed E-state index contributed by atoms with van der Waals surface area (Å²) >= 11 is 0. The number of phenolic OH excluding ortho intramolecular Hbond substituents is 1. The van der Waals surface area contributed by atoms with Gasteiger partial charge in [0.2, 0.25) is 0 Å². The van der Waals surface area contributed by atoms with Crippen molar-refractivity contribution in [3.05, 3.63) is 29.8 Å². The standard InChI is InChI=1S/C12H14N2O3/c1-12(10(16)14-11(13)17-12)7-6-8-2-4-9(15)5-3-8/h2-5,15H,6-7H2,1H3,(H2,13,14,16). The Hall–Kier alpha value is -2.04. The van der Waals surface area contributed by atoms with Gasteiger partial charge in [0.15, 0.2) is 5.60 Å². The monoisotopic (exact) mass is 234 g/mol. The molecule has 1 amide bonds. The number of aliphatic imine (C=N–C) groups is 1. The predicted octanol–water partition coefficient (Wildman–Crippen LogP) is 0.955. The van der Waals surface area contributed by atoms with Crippen molar-refractivity contribution in [2.24, 2.45) is 10.7 Å². The van der Waals surface area contributed by atoms with Crippen molar-refractivity contribution < 1.29 is 14.6 Å². The normalized spacial score (nSPS) is 23.4. The van der Waals surface area contributed by atoms with E-state index in [1.807, 2.05) is 12.1 Å². The summed E-state index contributed by atoms with van der Waals surface area (Å²) in [5, 5.41) is 9.15. The molecule has 0 radical (unpaired) electrons. The highest BCUT2D eigenvalue weighted by atomic mass is 16.5. The SMILES string of the molecule is CC1(CCc2ccc(O)cc2)OC(N)=NC1=O. The third-order valence-corrected chi connectivity index (χ3v) is 2.82. The van der Waals surface area contributed by atoms with E-state index in [9.17, 15) is 4.79 Å². The molecule has 1 unspecified atom stereocenters. The molecule has 5 heteroatoms. The quantitative estimate of drug-likeness (QED) is 0.815. The first-order valence-electron chi connectivity index (χ1n) is 5.35. The maximum Gasteiger partial charge on any atom is 0.294 e. The summed E-state index contributed by atoms with van der Waals surface area (Å²) in [7, 11) is 0. The van der Waals surface area contributed by atoms with E-state index < -0.39 is 5.60 Å². The number of carbonyl (C=O) groups is 1. The van der Waals surface area contributed by atoms with E-state index in [0.29, 0.717) is 12.8 Å². The molecule has 0 saturated heterocycles. The van der Waals surface area contributed by atoms with Gasteiger partial charge in [0.25, 0.3) is 11.9 Å². The lowest BCUT2D eigenvalue weighted by Crippen LogP contribution is -2.35. The van der Waals surface area contributed by atoms with E-state index in [-0.39, 0.29) is 17.7 Å². The lowest BCUT2D eigenvalue weighted by atomic mass is 9.96. The first-order chi connectivity index (χ1) is 7.99. The van der Waals surface area contributed by atoms with E-state index >= 15 is 0 Å². The smallest absolute Gasteiger partial charge is 0.294 e. The van der Waals surface area contributed by atoms with Crippen LogP contribution in [-0.4, -0.2) is 22.6 Å². The number of phenols is 1. The third-order valence-electron chi connectivity index (χ3n) is 2.82. The second-order valence-corrected chi connectivity index (χ2v) is 4.25. The Kier molecular flexibility index (Phi) is 2.75. The van der Waals surface area contributed by atoms with Gasteiger partial charge in [0.05, 0.1) is 0 Å². The predicted molar refractivity (Wildman–Crippen MR) is 62.5 cm³/mol. The number of amides is 1. The van der Waals surface area contributed by atoms with Gasteiger partial charge in [0, 0.05) is 6.42 Å². The second kappa shape index (κ2) is 4.08. The summed E-state index contributed by atoms with van der Waals surface area (Å²) in [5.74, 6) is -0.116. The van der Waals surface area contributed by atoms with Crippen LogP contribution >= 0.6 is 0 Å². The summed E-state index contributed by atoms with van der Waals surface area (Å²) in [6, 6.07) is 6.77. The van der Waals surface area contributed by atoms with E-state index in [2.05, 4.69) is 4.99 Å². The van der Waals surface area contributed by atoms with Gasteiger partial charge in [-0.3, -0.25) is 4.79 Å². The average Bonchev–Trinajstić information content (AvgIpc) is 2.52. The zero-order chi connectivity index (χ0) is 12.5. The summed E-state index contributed by atoms with van der Waals surface area (Å²) in [6.45, 7) is 1.68. The molecule has 17 heavy (non-hydrogen) atoms. The molecule has 0 aliphatic carbocycles. The minimum Gasteiger partial charge on any atom is -0.508 e. The zero-order valence-corrected chi connectivity index (χ0v) is 9.51. The van der Waals surface area contributed by atoms with E-state index in [4.69, 9.17) is 15.6 Å². The van der Waals surface area contributed by atoms with Crippen molar-refractivity contribution in [1.82, 2.24) is 0 Å². The Labute approximate surface area is 98.9 Å². The Morgan fingerprint density at radius 1 is 1.41 bits per heavy atom. The van der Waals surface area contributed by atoms with Crippen molar-refractivity contribution >= 4 is 11.9 Å². The largest absolute Gasteiger partial charge is 0.508 e. The van der Waals surface area contributed by atoms with Crippen molar-refractivity contribution in [2.75, 3.05) is 0 Å². The van der Waals surface area contributed by atoms with Gasteiger partial charge in [-0.25, -0.2) is 0 Å². The van der Waals surface area contributed by atoms with Gasteiger partial charge in [0.1, 0.15) is 5.75 Å². The molecule has 0 bridgehead atoms. The number of amidine groups is 1. The fourth-order valence-electron chi connectivity index (χ4n) is 1.72. The fourth-order valence-corrected chi connectivity index (χ4v) is 1.72. The van der Waals surface area contributed by atoms with Gasteiger partial charge < -0.3 is 15.6 Å².